The van der Waals surface area contributed by atoms with E-state index in [2.05, 4.69) is 29.4 Å². The van der Waals surface area contributed by atoms with Crippen molar-refractivity contribution in [3.05, 3.63) is 5.01 Å². The second kappa shape index (κ2) is 6.74. The van der Waals surface area contributed by atoms with Gasteiger partial charge in [-0.2, -0.15) is 0 Å². The Morgan fingerprint density at radius 3 is 2.87 bits per heavy atom. The summed E-state index contributed by atoms with van der Waals surface area (Å²) >= 11 is 1.56. The van der Waals surface area contributed by atoms with Crippen molar-refractivity contribution in [2.75, 3.05) is 18.5 Å². The van der Waals surface area contributed by atoms with Crippen LogP contribution in [0.1, 0.15) is 32.2 Å². The molecule has 0 aliphatic heterocycles. The van der Waals surface area contributed by atoms with Crippen LogP contribution in [0.3, 0.4) is 0 Å². The quantitative estimate of drug-likeness (QED) is 0.730. The molecule has 1 rings (SSSR count). The highest BCUT2D eigenvalue weighted by atomic mass is 32.1. The van der Waals surface area contributed by atoms with Gasteiger partial charge in [0.1, 0.15) is 11.6 Å². The molecule has 15 heavy (non-hydrogen) atoms. The van der Waals surface area contributed by atoms with Crippen molar-refractivity contribution in [3.8, 4) is 0 Å². The molecule has 1 aromatic rings. The minimum atomic E-state index is 0.579. The number of nitrogens with one attached hydrogen (secondary N) is 1. The second-order valence-electron chi connectivity index (χ2n) is 3.77. The zero-order valence-corrected chi connectivity index (χ0v) is 10.4. The third-order valence-corrected chi connectivity index (χ3v) is 2.71. The van der Waals surface area contributed by atoms with E-state index in [0.717, 1.165) is 29.7 Å². The highest BCUT2D eigenvalue weighted by Crippen LogP contribution is 2.15. The maximum atomic E-state index is 5.50. The van der Waals surface area contributed by atoms with E-state index in [9.17, 15) is 0 Å². The monoisotopic (exact) mass is 229 g/mol. The maximum Gasteiger partial charge on any atom is 0.205 e. The van der Waals surface area contributed by atoms with Crippen LogP contribution in [0.25, 0.3) is 0 Å². The van der Waals surface area contributed by atoms with E-state index >= 15 is 0 Å². The van der Waals surface area contributed by atoms with Gasteiger partial charge in [-0.15, -0.1) is 10.2 Å². The van der Waals surface area contributed by atoms with Crippen LogP contribution in [0.2, 0.25) is 0 Å². The van der Waals surface area contributed by atoms with Gasteiger partial charge in [0, 0.05) is 13.2 Å². The molecule has 1 N–H and O–H groups in total. The summed E-state index contributed by atoms with van der Waals surface area (Å²) in [7, 11) is 0. The first-order chi connectivity index (χ1) is 7.22. The zero-order valence-electron chi connectivity index (χ0n) is 9.62. The predicted octanol–water partition coefficient (Wildman–Crippen LogP) is 2.53. The van der Waals surface area contributed by atoms with Gasteiger partial charge < -0.3 is 10.1 Å². The van der Waals surface area contributed by atoms with Gasteiger partial charge in [0.15, 0.2) is 0 Å². The van der Waals surface area contributed by atoms with Gasteiger partial charge in [0.05, 0.1) is 0 Å². The smallest absolute Gasteiger partial charge is 0.205 e. The fourth-order valence-corrected chi connectivity index (χ4v) is 1.76. The highest BCUT2D eigenvalue weighted by molar-refractivity contribution is 7.15. The van der Waals surface area contributed by atoms with E-state index in [0.29, 0.717) is 12.5 Å². The summed E-state index contributed by atoms with van der Waals surface area (Å²) in [6, 6.07) is 0. The Balaban J connectivity index is 2.19. The summed E-state index contributed by atoms with van der Waals surface area (Å²) in [5.41, 5.74) is 0. The van der Waals surface area contributed by atoms with Crippen molar-refractivity contribution in [1.82, 2.24) is 10.2 Å². The molecule has 0 bridgehead atoms. The first-order valence-corrected chi connectivity index (χ1v) is 6.18. The molecule has 0 aliphatic carbocycles. The van der Waals surface area contributed by atoms with Gasteiger partial charge in [-0.25, -0.2) is 0 Å². The Labute approximate surface area is 95.1 Å². The van der Waals surface area contributed by atoms with Crippen LogP contribution in [0, 0.1) is 5.92 Å². The summed E-state index contributed by atoms with van der Waals surface area (Å²) in [5.74, 6) is 0.691. The number of hydrogen-bond acceptors (Lipinski definition) is 5. The van der Waals surface area contributed by atoms with Crippen molar-refractivity contribution in [2.24, 2.45) is 5.92 Å². The van der Waals surface area contributed by atoms with Gasteiger partial charge in [0.2, 0.25) is 5.13 Å². The lowest BCUT2D eigenvalue weighted by Gasteiger charge is -2.03. The summed E-state index contributed by atoms with van der Waals surface area (Å²) in [6.07, 6.45) is 1.10. The molecule has 0 amide bonds. The van der Waals surface area contributed by atoms with Crippen LogP contribution in [0.15, 0.2) is 0 Å². The molecule has 0 unspecified atom stereocenters. The van der Waals surface area contributed by atoms with Crippen LogP contribution in [-0.4, -0.2) is 23.3 Å². The maximum absolute atomic E-state index is 5.50. The Morgan fingerprint density at radius 1 is 1.40 bits per heavy atom. The molecule has 0 aliphatic rings. The molecule has 4 nitrogen and oxygen atoms in total. The lowest BCUT2D eigenvalue weighted by atomic mass is 10.1. The number of rotatable bonds is 7. The Bertz CT molecular complexity index is 275. The normalized spacial score (nSPS) is 10.9. The van der Waals surface area contributed by atoms with Crippen LogP contribution in [-0.2, 0) is 11.3 Å². The minimum absolute atomic E-state index is 0.579. The minimum Gasteiger partial charge on any atom is -0.374 e. The Morgan fingerprint density at radius 2 is 2.20 bits per heavy atom. The third kappa shape index (κ3) is 5.09. The van der Waals surface area contributed by atoms with Gasteiger partial charge in [-0.3, -0.25) is 0 Å². The number of ether oxygens (including phenoxy) is 1. The van der Waals surface area contributed by atoms with Crippen LogP contribution >= 0.6 is 11.3 Å². The van der Waals surface area contributed by atoms with Gasteiger partial charge in [0.25, 0.3) is 0 Å². The fraction of sp³-hybridized carbons (Fsp3) is 0.800. The zero-order chi connectivity index (χ0) is 11.1. The molecule has 0 aromatic carbocycles. The topological polar surface area (TPSA) is 47.0 Å². The van der Waals surface area contributed by atoms with Gasteiger partial charge >= 0.3 is 0 Å². The molecule has 86 valence electrons. The fourth-order valence-electron chi connectivity index (χ4n) is 1.01. The highest BCUT2D eigenvalue weighted by Gasteiger charge is 2.03. The van der Waals surface area contributed by atoms with Crippen molar-refractivity contribution < 1.29 is 4.74 Å². The number of aromatic nitrogens is 2. The van der Waals surface area contributed by atoms with Gasteiger partial charge in [-0.1, -0.05) is 25.2 Å². The lowest BCUT2D eigenvalue weighted by molar-refractivity contribution is 0.110. The molecule has 0 fully saturated rings. The van der Waals surface area contributed by atoms with E-state index < -0.39 is 0 Å². The van der Waals surface area contributed by atoms with E-state index in [4.69, 9.17) is 4.74 Å². The van der Waals surface area contributed by atoms with Crippen molar-refractivity contribution in [2.45, 2.75) is 33.8 Å². The van der Waals surface area contributed by atoms with Crippen molar-refractivity contribution >= 4 is 16.5 Å². The van der Waals surface area contributed by atoms with Crippen molar-refractivity contribution in [3.63, 3.8) is 0 Å². The van der Waals surface area contributed by atoms with Crippen LogP contribution in [0.4, 0.5) is 5.13 Å². The summed E-state index contributed by atoms with van der Waals surface area (Å²) in [6.45, 7) is 8.68. The van der Waals surface area contributed by atoms with E-state index in [1.54, 1.807) is 11.3 Å². The summed E-state index contributed by atoms with van der Waals surface area (Å²) < 4.78 is 5.50. The van der Waals surface area contributed by atoms with Crippen LogP contribution < -0.4 is 5.32 Å². The average Bonchev–Trinajstić information content (AvgIpc) is 2.61. The Kier molecular flexibility index (Phi) is 5.57. The molecule has 0 radical (unpaired) electrons. The predicted molar refractivity (Wildman–Crippen MR) is 63.2 cm³/mol. The molecular formula is C10H19N3OS. The number of hydrogen-bond donors (Lipinski definition) is 1. The molecule has 0 saturated carbocycles. The van der Waals surface area contributed by atoms with Gasteiger partial charge in [-0.05, 0) is 19.3 Å². The molecule has 5 heteroatoms. The number of nitrogens with zero attached hydrogens (tertiary/aromatic N) is 2. The Hall–Kier alpha value is -0.680. The van der Waals surface area contributed by atoms with E-state index in [1.165, 1.54) is 0 Å². The van der Waals surface area contributed by atoms with E-state index in [1.807, 2.05) is 6.92 Å². The third-order valence-electron chi connectivity index (χ3n) is 1.86. The number of anilines is 1. The second-order valence-corrected chi connectivity index (χ2v) is 4.83. The standard InChI is InChI=1S/C10H19N3OS/c1-4-11-10-13-12-9(15-10)7-14-6-5-8(2)3/h8H,4-7H2,1-3H3,(H,11,13). The largest absolute Gasteiger partial charge is 0.374 e. The molecule has 0 spiro atoms. The first-order valence-electron chi connectivity index (χ1n) is 5.36. The summed E-state index contributed by atoms with van der Waals surface area (Å²) in [5, 5.41) is 13.0. The molecule has 0 atom stereocenters. The first kappa shape index (κ1) is 12.4. The lowest BCUT2D eigenvalue weighted by Crippen LogP contribution is -1.98. The summed E-state index contributed by atoms with van der Waals surface area (Å²) in [4.78, 5) is 0. The SMILES string of the molecule is CCNc1nnc(COCCC(C)C)s1. The van der Waals surface area contributed by atoms with E-state index in [-0.39, 0.29) is 0 Å². The molecular weight excluding hydrogens is 210 g/mol. The van der Waals surface area contributed by atoms with Crippen molar-refractivity contribution in [1.29, 1.82) is 0 Å². The molecule has 1 heterocycles. The molecule has 1 aromatic heterocycles. The van der Waals surface area contributed by atoms with Crippen LogP contribution in [0.5, 0.6) is 0 Å². The average molecular weight is 229 g/mol. The molecule has 0 saturated heterocycles.